The quantitative estimate of drug-likeness (QED) is 0.709. The van der Waals surface area contributed by atoms with E-state index in [-0.39, 0.29) is 0 Å². The van der Waals surface area contributed by atoms with Gasteiger partial charge in [-0.3, -0.25) is 4.98 Å². The monoisotopic (exact) mass is 269 g/mol. The van der Waals surface area contributed by atoms with E-state index in [1.165, 1.54) is 10.4 Å². The highest BCUT2D eigenvalue weighted by Crippen LogP contribution is 2.31. The van der Waals surface area contributed by atoms with Gasteiger partial charge in [0, 0.05) is 25.5 Å². The number of aromatic nitrogens is 2. The zero-order valence-corrected chi connectivity index (χ0v) is 12.0. The van der Waals surface area contributed by atoms with E-state index < -0.39 is 0 Å². The molecule has 3 aromatic rings. The summed E-state index contributed by atoms with van der Waals surface area (Å²) in [6, 6.07) is 12.4. The molecular formula is C15H15N3S. The standard InChI is InChI=1S/C15H15N3S/c1-10-5-4-6-12(16-10)15-17-13-9-11(18(2)3)7-8-14(13)19-15/h4-9H,1-3H3. The SMILES string of the molecule is Cc1cccc(-c2nc3cc(N(C)C)ccc3s2)n1. The van der Waals surface area contributed by atoms with Gasteiger partial charge in [-0.05, 0) is 37.3 Å². The molecule has 0 N–H and O–H groups in total. The van der Waals surface area contributed by atoms with E-state index in [0.29, 0.717) is 0 Å². The van der Waals surface area contributed by atoms with Crippen LogP contribution in [0.2, 0.25) is 0 Å². The van der Waals surface area contributed by atoms with Gasteiger partial charge in [0.25, 0.3) is 0 Å². The Kier molecular flexibility index (Phi) is 2.95. The number of hydrogen-bond acceptors (Lipinski definition) is 4. The van der Waals surface area contributed by atoms with Crippen LogP contribution in [0.25, 0.3) is 20.9 Å². The maximum atomic E-state index is 4.70. The Bertz CT molecular complexity index is 731. The van der Waals surface area contributed by atoms with Crippen molar-refractivity contribution in [3.05, 3.63) is 42.1 Å². The number of aryl methyl sites for hydroxylation is 1. The molecule has 4 heteroatoms. The first kappa shape index (κ1) is 12.1. The van der Waals surface area contributed by atoms with Gasteiger partial charge in [-0.25, -0.2) is 4.98 Å². The van der Waals surface area contributed by atoms with Gasteiger partial charge in [0.05, 0.1) is 15.9 Å². The first-order chi connectivity index (χ1) is 9.13. The van der Waals surface area contributed by atoms with E-state index in [1.807, 2.05) is 39.2 Å². The predicted molar refractivity (Wildman–Crippen MR) is 81.9 cm³/mol. The predicted octanol–water partition coefficient (Wildman–Crippen LogP) is 3.73. The average Bonchev–Trinajstić information content (AvgIpc) is 2.81. The van der Waals surface area contributed by atoms with Gasteiger partial charge in [0.1, 0.15) is 5.01 Å². The Morgan fingerprint density at radius 1 is 1.05 bits per heavy atom. The zero-order chi connectivity index (χ0) is 13.4. The van der Waals surface area contributed by atoms with E-state index in [1.54, 1.807) is 11.3 Å². The fourth-order valence-corrected chi connectivity index (χ4v) is 2.88. The highest BCUT2D eigenvalue weighted by atomic mass is 32.1. The van der Waals surface area contributed by atoms with Crippen LogP contribution < -0.4 is 4.90 Å². The van der Waals surface area contributed by atoms with Crippen LogP contribution in [-0.4, -0.2) is 24.1 Å². The van der Waals surface area contributed by atoms with Crippen molar-refractivity contribution in [3.8, 4) is 10.7 Å². The van der Waals surface area contributed by atoms with Crippen molar-refractivity contribution in [2.24, 2.45) is 0 Å². The molecule has 0 aliphatic rings. The molecule has 0 saturated carbocycles. The molecule has 96 valence electrons. The normalized spacial score (nSPS) is 10.9. The molecule has 0 unspecified atom stereocenters. The minimum atomic E-state index is 0.951. The van der Waals surface area contributed by atoms with Crippen LogP contribution in [0.5, 0.6) is 0 Å². The molecular weight excluding hydrogens is 254 g/mol. The van der Waals surface area contributed by atoms with E-state index in [0.717, 1.165) is 21.9 Å². The number of thiazole rings is 1. The fraction of sp³-hybridized carbons (Fsp3) is 0.200. The Morgan fingerprint density at radius 3 is 2.63 bits per heavy atom. The molecule has 3 rings (SSSR count). The van der Waals surface area contributed by atoms with E-state index in [2.05, 4.69) is 28.1 Å². The van der Waals surface area contributed by atoms with Crippen molar-refractivity contribution < 1.29 is 0 Å². The minimum Gasteiger partial charge on any atom is -0.378 e. The summed E-state index contributed by atoms with van der Waals surface area (Å²) in [6.07, 6.45) is 0. The third kappa shape index (κ3) is 2.31. The smallest absolute Gasteiger partial charge is 0.143 e. The largest absolute Gasteiger partial charge is 0.378 e. The number of anilines is 1. The lowest BCUT2D eigenvalue weighted by Crippen LogP contribution is -2.07. The molecule has 3 nitrogen and oxygen atoms in total. The number of benzene rings is 1. The maximum absolute atomic E-state index is 4.70. The molecule has 0 aliphatic carbocycles. The fourth-order valence-electron chi connectivity index (χ4n) is 1.97. The van der Waals surface area contributed by atoms with Crippen molar-refractivity contribution in [2.75, 3.05) is 19.0 Å². The van der Waals surface area contributed by atoms with Gasteiger partial charge < -0.3 is 4.90 Å². The zero-order valence-electron chi connectivity index (χ0n) is 11.2. The molecule has 0 atom stereocenters. The highest BCUT2D eigenvalue weighted by molar-refractivity contribution is 7.21. The summed E-state index contributed by atoms with van der Waals surface area (Å²) in [5.74, 6) is 0. The van der Waals surface area contributed by atoms with Crippen molar-refractivity contribution in [1.82, 2.24) is 9.97 Å². The molecule has 2 heterocycles. The second kappa shape index (κ2) is 4.63. The second-order valence-corrected chi connectivity index (χ2v) is 5.76. The third-order valence-electron chi connectivity index (χ3n) is 2.99. The summed E-state index contributed by atoms with van der Waals surface area (Å²) < 4.78 is 1.20. The highest BCUT2D eigenvalue weighted by Gasteiger charge is 2.08. The Hall–Kier alpha value is -1.94. The summed E-state index contributed by atoms with van der Waals surface area (Å²) >= 11 is 1.69. The van der Waals surface area contributed by atoms with Gasteiger partial charge in [0.2, 0.25) is 0 Å². The van der Waals surface area contributed by atoms with Crippen molar-refractivity contribution in [3.63, 3.8) is 0 Å². The summed E-state index contributed by atoms with van der Waals surface area (Å²) in [7, 11) is 4.08. The van der Waals surface area contributed by atoms with Gasteiger partial charge in [0.15, 0.2) is 0 Å². The van der Waals surface area contributed by atoms with Gasteiger partial charge in [-0.2, -0.15) is 0 Å². The molecule has 19 heavy (non-hydrogen) atoms. The minimum absolute atomic E-state index is 0.951. The van der Waals surface area contributed by atoms with Gasteiger partial charge >= 0.3 is 0 Å². The molecule has 1 aromatic carbocycles. The molecule has 0 spiro atoms. The first-order valence-electron chi connectivity index (χ1n) is 6.15. The van der Waals surface area contributed by atoms with Gasteiger partial charge in [-0.15, -0.1) is 11.3 Å². The van der Waals surface area contributed by atoms with Crippen LogP contribution in [-0.2, 0) is 0 Å². The lowest BCUT2D eigenvalue weighted by molar-refractivity contribution is 1.13. The van der Waals surface area contributed by atoms with E-state index in [9.17, 15) is 0 Å². The molecule has 2 aromatic heterocycles. The van der Waals surface area contributed by atoms with Crippen LogP contribution in [0.3, 0.4) is 0 Å². The Balaban J connectivity index is 2.11. The molecule has 0 amide bonds. The first-order valence-corrected chi connectivity index (χ1v) is 6.97. The lowest BCUT2D eigenvalue weighted by atomic mass is 10.3. The van der Waals surface area contributed by atoms with E-state index >= 15 is 0 Å². The average molecular weight is 269 g/mol. The van der Waals surface area contributed by atoms with Crippen LogP contribution in [0.4, 0.5) is 5.69 Å². The summed E-state index contributed by atoms with van der Waals surface area (Å²) in [4.78, 5) is 11.3. The number of fused-ring (bicyclic) bond motifs is 1. The van der Waals surface area contributed by atoms with Crippen molar-refractivity contribution in [2.45, 2.75) is 6.92 Å². The maximum Gasteiger partial charge on any atom is 0.143 e. The molecule has 0 bridgehead atoms. The Morgan fingerprint density at radius 2 is 1.89 bits per heavy atom. The number of hydrogen-bond donors (Lipinski definition) is 0. The molecule has 0 fully saturated rings. The van der Waals surface area contributed by atoms with Crippen LogP contribution in [0.15, 0.2) is 36.4 Å². The van der Waals surface area contributed by atoms with Crippen LogP contribution in [0.1, 0.15) is 5.69 Å². The van der Waals surface area contributed by atoms with Crippen molar-refractivity contribution in [1.29, 1.82) is 0 Å². The Labute approximate surface area is 116 Å². The number of nitrogens with zero attached hydrogens (tertiary/aromatic N) is 3. The topological polar surface area (TPSA) is 29.0 Å². The summed E-state index contributed by atoms with van der Waals surface area (Å²) in [6.45, 7) is 2.00. The number of rotatable bonds is 2. The lowest BCUT2D eigenvalue weighted by Gasteiger charge is -2.11. The number of pyridine rings is 1. The second-order valence-electron chi connectivity index (χ2n) is 4.73. The van der Waals surface area contributed by atoms with Gasteiger partial charge in [-0.1, -0.05) is 6.07 Å². The molecule has 0 aliphatic heterocycles. The molecule has 0 saturated heterocycles. The summed E-state index contributed by atoms with van der Waals surface area (Å²) in [5.41, 5.74) is 4.18. The van der Waals surface area contributed by atoms with Crippen molar-refractivity contribution >= 4 is 27.2 Å². The van der Waals surface area contributed by atoms with Crippen LogP contribution in [0, 0.1) is 6.92 Å². The summed E-state index contributed by atoms with van der Waals surface area (Å²) in [5, 5.41) is 0.981. The van der Waals surface area contributed by atoms with E-state index in [4.69, 9.17) is 4.98 Å². The third-order valence-corrected chi connectivity index (χ3v) is 4.05. The molecule has 0 radical (unpaired) electrons. The van der Waals surface area contributed by atoms with Crippen LogP contribution >= 0.6 is 11.3 Å².